The fourth-order valence-corrected chi connectivity index (χ4v) is 2.94. The SMILES string of the molecule is CCc1nc2cc(C(=O)O)ccc2n1CC1CCCCO1. The Labute approximate surface area is 123 Å². The Bertz CT molecular complexity index is 657. The van der Waals surface area contributed by atoms with Gasteiger partial charge in [0.05, 0.1) is 29.2 Å². The predicted octanol–water partition coefficient (Wildman–Crippen LogP) is 2.87. The summed E-state index contributed by atoms with van der Waals surface area (Å²) < 4.78 is 8.00. The first-order chi connectivity index (χ1) is 10.2. The molecule has 2 aromatic rings. The lowest BCUT2D eigenvalue weighted by Crippen LogP contribution is -2.25. The summed E-state index contributed by atoms with van der Waals surface area (Å²) in [4.78, 5) is 15.7. The molecule has 0 radical (unpaired) electrons. The molecule has 1 unspecified atom stereocenters. The van der Waals surface area contributed by atoms with Crippen LogP contribution >= 0.6 is 0 Å². The first kappa shape index (κ1) is 14.1. The van der Waals surface area contributed by atoms with Crippen LogP contribution in [0.1, 0.15) is 42.4 Å². The van der Waals surface area contributed by atoms with Crippen molar-refractivity contribution in [1.82, 2.24) is 9.55 Å². The molecule has 1 fully saturated rings. The van der Waals surface area contributed by atoms with Crippen LogP contribution in [-0.4, -0.2) is 33.3 Å². The van der Waals surface area contributed by atoms with Gasteiger partial charge in [0.15, 0.2) is 0 Å². The number of benzene rings is 1. The average Bonchev–Trinajstić information content (AvgIpc) is 2.85. The van der Waals surface area contributed by atoms with Crippen LogP contribution in [0.25, 0.3) is 11.0 Å². The number of hydrogen-bond donors (Lipinski definition) is 1. The van der Waals surface area contributed by atoms with E-state index >= 15 is 0 Å². The molecule has 1 N–H and O–H groups in total. The van der Waals surface area contributed by atoms with Crippen molar-refractivity contribution in [3.8, 4) is 0 Å². The molecule has 1 saturated heterocycles. The van der Waals surface area contributed by atoms with Crippen molar-refractivity contribution in [2.75, 3.05) is 6.61 Å². The number of ether oxygens (including phenoxy) is 1. The van der Waals surface area contributed by atoms with Gasteiger partial charge in [-0.15, -0.1) is 0 Å². The van der Waals surface area contributed by atoms with Gasteiger partial charge in [-0.2, -0.15) is 0 Å². The fourth-order valence-electron chi connectivity index (χ4n) is 2.94. The van der Waals surface area contributed by atoms with E-state index in [4.69, 9.17) is 9.84 Å². The number of fused-ring (bicyclic) bond motifs is 1. The van der Waals surface area contributed by atoms with Gasteiger partial charge >= 0.3 is 5.97 Å². The molecule has 0 amide bonds. The largest absolute Gasteiger partial charge is 0.478 e. The highest BCUT2D eigenvalue weighted by Gasteiger charge is 2.18. The van der Waals surface area contributed by atoms with Crippen LogP contribution in [0.3, 0.4) is 0 Å². The van der Waals surface area contributed by atoms with Crippen LogP contribution in [0.15, 0.2) is 18.2 Å². The summed E-state index contributed by atoms with van der Waals surface area (Å²) >= 11 is 0. The van der Waals surface area contributed by atoms with Crippen LogP contribution in [0.5, 0.6) is 0 Å². The fraction of sp³-hybridized carbons (Fsp3) is 0.500. The minimum absolute atomic E-state index is 0.237. The molecule has 21 heavy (non-hydrogen) atoms. The molecule has 1 aliphatic heterocycles. The molecule has 5 nitrogen and oxygen atoms in total. The van der Waals surface area contributed by atoms with Crippen LogP contribution in [0.2, 0.25) is 0 Å². The van der Waals surface area contributed by atoms with E-state index in [0.29, 0.717) is 0 Å². The summed E-state index contributed by atoms with van der Waals surface area (Å²) in [7, 11) is 0. The third kappa shape index (κ3) is 2.78. The molecule has 0 saturated carbocycles. The number of aryl methyl sites for hydroxylation is 1. The molecule has 3 rings (SSSR count). The minimum Gasteiger partial charge on any atom is -0.478 e. The monoisotopic (exact) mass is 288 g/mol. The normalized spacial score (nSPS) is 19.0. The second-order valence-corrected chi connectivity index (χ2v) is 5.49. The van der Waals surface area contributed by atoms with Crippen molar-refractivity contribution in [2.24, 2.45) is 0 Å². The van der Waals surface area contributed by atoms with Crippen LogP contribution < -0.4 is 0 Å². The maximum absolute atomic E-state index is 11.1. The third-order valence-electron chi connectivity index (χ3n) is 4.05. The second-order valence-electron chi connectivity index (χ2n) is 5.49. The molecule has 2 heterocycles. The van der Waals surface area contributed by atoms with Crippen LogP contribution in [0.4, 0.5) is 0 Å². The van der Waals surface area contributed by atoms with Gasteiger partial charge in [-0.3, -0.25) is 0 Å². The zero-order valence-corrected chi connectivity index (χ0v) is 12.2. The first-order valence-electron chi connectivity index (χ1n) is 7.53. The molecule has 112 valence electrons. The molecule has 5 heteroatoms. The second kappa shape index (κ2) is 5.85. The Hall–Kier alpha value is -1.88. The van der Waals surface area contributed by atoms with Gasteiger partial charge in [0, 0.05) is 13.0 Å². The Morgan fingerprint density at radius 3 is 3.00 bits per heavy atom. The highest BCUT2D eigenvalue weighted by molar-refractivity contribution is 5.92. The number of carboxylic acids is 1. The Kier molecular flexibility index (Phi) is 3.92. The topological polar surface area (TPSA) is 64.3 Å². The predicted molar refractivity (Wildman–Crippen MR) is 79.7 cm³/mol. The minimum atomic E-state index is -0.917. The van der Waals surface area contributed by atoms with Gasteiger partial charge in [-0.1, -0.05) is 6.92 Å². The van der Waals surface area contributed by atoms with Gasteiger partial charge in [0.25, 0.3) is 0 Å². The number of nitrogens with zero attached hydrogens (tertiary/aromatic N) is 2. The first-order valence-corrected chi connectivity index (χ1v) is 7.53. The lowest BCUT2D eigenvalue weighted by molar-refractivity contribution is 0.00621. The van der Waals surface area contributed by atoms with Crippen molar-refractivity contribution in [2.45, 2.75) is 45.3 Å². The molecule has 0 spiro atoms. The van der Waals surface area contributed by atoms with E-state index in [9.17, 15) is 4.79 Å². The highest BCUT2D eigenvalue weighted by Crippen LogP contribution is 2.22. The van der Waals surface area contributed by atoms with Gasteiger partial charge < -0.3 is 14.4 Å². The maximum atomic E-state index is 11.1. The summed E-state index contributed by atoms with van der Waals surface area (Å²) in [6.07, 6.45) is 4.49. The van der Waals surface area contributed by atoms with Gasteiger partial charge in [-0.05, 0) is 37.5 Å². The third-order valence-corrected chi connectivity index (χ3v) is 4.05. The molecule has 1 aromatic carbocycles. The smallest absolute Gasteiger partial charge is 0.335 e. The molecule has 1 aliphatic rings. The van der Waals surface area contributed by atoms with Gasteiger partial charge in [0.1, 0.15) is 5.82 Å². The quantitative estimate of drug-likeness (QED) is 0.939. The van der Waals surface area contributed by atoms with Crippen molar-refractivity contribution < 1.29 is 14.6 Å². The van der Waals surface area contributed by atoms with Crippen molar-refractivity contribution in [1.29, 1.82) is 0 Å². The van der Waals surface area contributed by atoms with E-state index in [1.165, 1.54) is 6.42 Å². The zero-order chi connectivity index (χ0) is 14.8. The van der Waals surface area contributed by atoms with E-state index in [-0.39, 0.29) is 11.7 Å². The van der Waals surface area contributed by atoms with E-state index in [1.54, 1.807) is 12.1 Å². The molecule has 0 bridgehead atoms. The van der Waals surface area contributed by atoms with Crippen molar-refractivity contribution >= 4 is 17.0 Å². The number of carbonyl (C=O) groups is 1. The number of hydrogen-bond acceptors (Lipinski definition) is 3. The summed E-state index contributed by atoms with van der Waals surface area (Å²) in [5.41, 5.74) is 2.03. The summed E-state index contributed by atoms with van der Waals surface area (Å²) in [6, 6.07) is 5.15. The number of imidazole rings is 1. The summed E-state index contributed by atoms with van der Waals surface area (Å²) in [6.45, 7) is 3.70. The average molecular weight is 288 g/mol. The van der Waals surface area contributed by atoms with Gasteiger partial charge in [-0.25, -0.2) is 9.78 Å². The molecule has 1 atom stereocenters. The molecule has 0 aliphatic carbocycles. The molecular formula is C16H20N2O3. The van der Waals surface area contributed by atoms with Crippen molar-refractivity contribution in [3.05, 3.63) is 29.6 Å². The van der Waals surface area contributed by atoms with Gasteiger partial charge in [0.2, 0.25) is 0 Å². The maximum Gasteiger partial charge on any atom is 0.335 e. The van der Waals surface area contributed by atoms with Crippen LogP contribution in [-0.2, 0) is 17.7 Å². The highest BCUT2D eigenvalue weighted by atomic mass is 16.5. The van der Waals surface area contributed by atoms with E-state index < -0.39 is 5.97 Å². The lowest BCUT2D eigenvalue weighted by atomic mass is 10.1. The Morgan fingerprint density at radius 2 is 2.33 bits per heavy atom. The van der Waals surface area contributed by atoms with Crippen molar-refractivity contribution in [3.63, 3.8) is 0 Å². The van der Waals surface area contributed by atoms with E-state index in [1.807, 2.05) is 6.07 Å². The Morgan fingerprint density at radius 1 is 1.48 bits per heavy atom. The zero-order valence-electron chi connectivity index (χ0n) is 12.2. The lowest BCUT2D eigenvalue weighted by Gasteiger charge is -2.24. The Balaban J connectivity index is 1.97. The standard InChI is InChI=1S/C16H20N2O3/c1-2-15-17-13-9-11(16(19)20)6-7-14(13)18(15)10-12-5-3-4-8-21-12/h6-7,9,12H,2-5,8,10H2,1H3,(H,19,20). The number of aromatic nitrogens is 2. The summed E-state index contributed by atoms with van der Waals surface area (Å²) in [5, 5.41) is 9.08. The van der Waals surface area contributed by atoms with E-state index in [0.717, 1.165) is 49.3 Å². The summed E-state index contributed by atoms with van der Waals surface area (Å²) in [5.74, 6) is 0.0711. The number of aromatic carboxylic acids is 1. The van der Waals surface area contributed by atoms with Crippen LogP contribution in [0, 0.1) is 0 Å². The molecule has 1 aromatic heterocycles. The van der Waals surface area contributed by atoms with E-state index in [2.05, 4.69) is 16.5 Å². The number of rotatable bonds is 4. The molecular weight excluding hydrogens is 268 g/mol. The number of carboxylic acid groups (broad SMARTS) is 1.